The van der Waals surface area contributed by atoms with E-state index in [9.17, 15) is 14.9 Å². The van der Waals surface area contributed by atoms with Crippen LogP contribution in [0.15, 0.2) is 47.3 Å². The van der Waals surface area contributed by atoms with Gasteiger partial charge in [0.1, 0.15) is 6.54 Å². The van der Waals surface area contributed by atoms with Crippen molar-refractivity contribution in [1.29, 1.82) is 0 Å². The lowest BCUT2D eigenvalue weighted by atomic mass is 9.83. The highest BCUT2D eigenvalue weighted by molar-refractivity contribution is 5.32. The molecular weight excluding hydrogens is 306 g/mol. The van der Waals surface area contributed by atoms with E-state index in [2.05, 4.69) is 6.07 Å². The van der Waals surface area contributed by atoms with Gasteiger partial charge in [0.25, 0.3) is 11.2 Å². The summed E-state index contributed by atoms with van der Waals surface area (Å²) in [6.07, 6.45) is 1.16. The van der Waals surface area contributed by atoms with E-state index in [1.165, 1.54) is 10.6 Å². The first-order chi connectivity index (χ1) is 11.6. The first-order valence-corrected chi connectivity index (χ1v) is 8.37. The molecule has 0 aliphatic carbocycles. The fourth-order valence-corrected chi connectivity index (χ4v) is 4.29. The topological polar surface area (TPSA) is 69.6 Å². The van der Waals surface area contributed by atoms with E-state index < -0.39 is 0 Å². The Morgan fingerprint density at radius 3 is 2.71 bits per heavy atom. The van der Waals surface area contributed by atoms with Crippen LogP contribution in [-0.4, -0.2) is 22.6 Å². The summed E-state index contributed by atoms with van der Waals surface area (Å²) < 4.78 is 1.95. The molecule has 0 amide bonds. The maximum absolute atomic E-state index is 12.1. The lowest BCUT2D eigenvalue weighted by Crippen LogP contribution is -3.13. The van der Waals surface area contributed by atoms with Gasteiger partial charge in [-0.2, -0.15) is 0 Å². The summed E-state index contributed by atoms with van der Waals surface area (Å²) in [5.41, 5.74) is 2.54. The number of non-ortho nitro benzene ring substituents is 1. The SMILES string of the molecule is O=c1cccc2n1C[C@H]1C[C@@H]2C[NH+](Cc2ccc([N+](=O)[O-])cc2)C1. The molecule has 6 nitrogen and oxygen atoms in total. The van der Waals surface area contributed by atoms with Crippen molar-refractivity contribution in [1.82, 2.24) is 4.57 Å². The van der Waals surface area contributed by atoms with E-state index in [1.54, 1.807) is 18.2 Å². The highest BCUT2D eigenvalue weighted by Gasteiger charge is 2.36. The second-order valence-electron chi connectivity index (χ2n) is 6.96. The molecule has 1 saturated heterocycles. The van der Waals surface area contributed by atoms with Gasteiger partial charge in [-0.25, -0.2) is 0 Å². The number of quaternary nitrogens is 1. The van der Waals surface area contributed by atoms with Crippen LogP contribution < -0.4 is 10.5 Å². The average molecular weight is 326 g/mol. The Bertz CT molecular complexity index is 828. The van der Waals surface area contributed by atoms with Gasteiger partial charge in [0.2, 0.25) is 0 Å². The molecule has 0 spiro atoms. The van der Waals surface area contributed by atoms with Crippen LogP contribution in [0.5, 0.6) is 0 Å². The minimum absolute atomic E-state index is 0.112. The van der Waals surface area contributed by atoms with Crippen LogP contribution in [0.4, 0.5) is 5.69 Å². The quantitative estimate of drug-likeness (QED) is 0.675. The van der Waals surface area contributed by atoms with Crippen LogP contribution in [0.3, 0.4) is 0 Å². The lowest BCUT2D eigenvalue weighted by molar-refractivity contribution is -0.924. The Labute approximate surface area is 139 Å². The number of benzene rings is 1. The number of aromatic nitrogens is 1. The molecular formula is C18H20N3O3+. The third-order valence-electron chi connectivity index (χ3n) is 5.27. The number of hydrogen-bond acceptors (Lipinski definition) is 3. The van der Waals surface area contributed by atoms with Crippen molar-refractivity contribution < 1.29 is 9.82 Å². The zero-order chi connectivity index (χ0) is 16.7. The third-order valence-corrected chi connectivity index (χ3v) is 5.27. The van der Waals surface area contributed by atoms with Crippen molar-refractivity contribution in [3.8, 4) is 0 Å². The molecule has 2 aromatic rings. The van der Waals surface area contributed by atoms with E-state index in [1.807, 2.05) is 22.8 Å². The second-order valence-corrected chi connectivity index (χ2v) is 6.96. The number of nitro benzene ring substituents is 1. The van der Waals surface area contributed by atoms with Gasteiger partial charge in [-0.05, 0) is 24.6 Å². The van der Waals surface area contributed by atoms with E-state index in [-0.39, 0.29) is 16.2 Å². The first-order valence-electron chi connectivity index (χ1n) is 8.37. The predicted molar refractivity (Wildman–Crippen MR) is 89.0 cm³/mol. The fourth-order valence-electron chi connectivity index (χ4n) is 4.29. The highest BCUT2D eigenvalue weighted by atomic mass is 16.6. The summed E-state index contributed by atoms with van der Waals surface area (Å²) in [5.74, 6) is 0.962. The molecule has 1 fully saturated rings. The molecule has 2 bridgehead atoms. The van der Waals surface area contributed by atoms with Crippen LogP contribution in [0.25, 0.3) is 0 Å². The molecule has 6 heteroatoms. The molecule has 2 aliphatic heterocycles. The molecule has 3 heterocycles. The Balaban J connectivity index is 1.52. The first kappa shape index (κ1) is 15.1. The molecule has 1 aromatic carbocycles. The standard InChI is InChI=1S/C18H19N3O3/c22-18-3-1-2-17-15-8-14(11-20(17)18)10-19(12-15)9-13-4-6-16(7-5-13)21(23)24/h1-7,14-15H,8-12H2/p+1/t14-,15+/m0/s1. The number of nitrogens with one attached hydrogen (secondary N) is 1. The predicted octanol–water partition coefficient (Wildman–Crippen LogP) is 0.959. The van der Waals surface area contributed by atoms with E-state index >= 15 is 0 Å². The van der Waals surface area contributed by atoms with Crippen molar-refractivity contribution >= 4 is 5.69 Å². The molecule has 124 valence electrons. The average Bonchev–Trinajstić information content (AvgIpc) is 2.56. The molecule has 3 atom stereocenters. The molecule has 1 aromatic heterocycles. The van der Waals surface area contributed by atoms with Gasteiger partial charge in [0.05, 0.1) is 18.0 Å². The second kappa shape index (κ2) is 5.87. The zero-order valence-corrected chi connectivity index (χ0v) is 13.4. The van der Waals surface area contributed by atoms with Crippen molar-refractivity contribution in [2.45, 2.75) is 25.4 Å². The summed E-state index contributed by atoms with van der Waals surface area (Å²) >= 11 is 0. The minimum Gasteiger partial charge on any atom is -0.330 e. The van der Waals surface area contributed by atoms with Crippen molar-refractivity contribution in [2.75, 3.05) is 13.1 Å². The van der Waals surface area contributed by atoms with Gasteiger partial charge < -0.3 is 9.47 Å². The zero-order valence-electron chi connectivity index (χ0n) is 13.4. The molecule has 1 unspecified atom stereocenters. The Hall–Kier alpha value is -2.47. The van der Waals surface area contributed by atoms with Gasteiger partial charge >= 0.3 is 0 Å². The lowest BCUT2D eigenvalue weighted by Gasteiger charge is -2.40. The molecule has 0 saturated carbocycles. The largest absolute Gasteiger partial charge is 0.330 e. The number of fused-ring (bicyclic) bond motifs is 4. The number of nitro groups is 1. The van der Waals surface area contributed by atoms with Crippen LogP contribution in [0, 0.1) is 16.0 Å². The Morgan fingerprint density at radius 2 is 1.96 bits per heavy atom. The number of pyridine rings is 1. The summed E-state index contributed by atoms with van der Waals surface area (Å²) in [6.45, 7) is 3.75. The van der Waals surface area contributed by atoms with E-state index in [0.717, 1.165) is 38.2 Å². The highest BCUT2D eigenvalue weighted by Crippen LogP contribution is 2.30. The summed E-state index contributed by atoms with van der Waals surface area (Å²) in [7, 11) is 0. The molecule has 4 rings (SSSR count). The van der Waals surface area contributed by atoms with Crippen LogP contribution in [0.1, 0.15) is 23.6 Å². The fraction of sp³-hybridized carbons (Fsp3) is 0.389. The molecule has 1 N–H and O–H groups in total. The normalized spacial score (nSPS) is 25.1. The summed E-state index contributed by atoms with van der Waals surface area (Å²) in [5, 5.41) is 10.8. The van der Waals surface area contributed by atoms with Gasteiger partial charge in [-0.15, -0.1) is 0 Å². The minimum atomic E-state index is -0.364. The van der Waals surface area contributed by atoms with Crippen LogP contribution in [0.2, 0.25) is 0 Å². The number of piperidine rings is 1. The monoisotopic (exact) mass is 326 g/mol. The molecule has 0 radical (unpaired) electrons. The van der Waals surface area contributed by atoms with E-state index in [0.29, 0.717) is 11.8 Å². The van der Waals surface area contributed by atoms with Gasteiger partial charge in [-0.1, -0.05) is 6.07 Å². The Morgan fingerprint density at radius 1 is 1.17 bits per heavy atom. The number of nitrogens with zero attached hydrogens (tertiary/aromatic N) is 2. The van der Waals surface area contributed by atoms with Crippen LogP contribution >= 0.6 is 0 Å². The van der Waals surface area contributed by atoms with Crippen LogP contribution in [-0.2, 0) is 13.1 Å². The van der Waals surface area contributed by atoms with Crippen molar-refractivity contribution in [3.05, 3.63) is 74.2 Å². The number of rotatable bonds is 3. The summed E-state index contributed by atoms with van der Waals surface area (Å²) in [6, 6.07) is 12.5. The summed E-state index contributed by atoms with van der Waals surface area (Å²) in [4.78, 5) is 23.9. The smallest absolute Gasteiger partial charge is 0.269 e. The number of likely N-dealkylation sites (tertiary alicyclic amines) is 1. The third kappa shape index (κ3) is 2.73. The maximum atomic E-state index is 12.1. The molecule has 2 aliphatic rings. The van der Waals surface area contributed by atoms with Crippen molar-refractivity contribution in [3.63, 3.8) is 0 Å². The number of hydrogen-bond donors (Lipinski definition) is 1. The van der Waals surface area contributed by atoms with Gasteiger partial charge in [0, 0.05) is 47.8 Å². The molecule has 24 heavy (non-hydrogen) atoms. The van der Waals surface area contributed by atoms with Crippen molar-refractivity contribution in [2.24, 2.45) is 5.92 Å². The maximum Gasteiger partial charge on any atom is 0.269 e. The van der Waals surface area contributed by atoms with Gasteiger partial charge in [-0.3, -0.25) is 14.9 Å². The Kier molecular flexibility index (Phi) is 3.69. The van der Waals surface area contributed by atoms with Gasteiger partial charge in [0.15, 0.2) is 0 Å². The van der Waals surface area contributed by atoms with E-state index in [4.69, 9.17) is 0 Å².